The maximum absolute atomic E-state index is 12.6. The number of carbonyl (C=O) groups excluding carboxylic acids is 1. The van der Waals surface area contributed by atoms with Gasteiger partial charge in [0, 0.05) is 44.0 Å². The Labute approximate surface area is 144 Å². The van der Waals surface area contributed by atoms with Gasteiger partial charge in [0.25, 0.3) is 0 Å². The van der Waals surface area contributed by atoms with Crippen LogP contribution in [0.2, 0.25) is 0 Å². The lowest BCUT2D eigenvalue weighted by Crippen LogP contribution is -2.44. The standard InChI is InChI=1S/C16H21N5O2S/c22-16(20-4-6-23-7-5-20)9-14-11-19(12-15-17-3-8-24-15)10-13-1-2-18-21(13)14/h1-3,8,14H,4-7,9-12H2/t14-/m0/s1. The molecule has 2 aromatic rings. The van der Waals surface area contributed by atoms with Crippen molar-refractivity contribution in [2.45, 2.75) is 25.6 Å². The summed E-state index contributed by atoms with van der Waals surface area (Å²) in [7, 11) is 0. The molecule has 24 heavy (non-hydrogen) atoms. The minimum Gasteiger partial charge on any atom is -0.378 e. The Morgan fingerprint density at radius 3 is 3.00 bits per heavy atom. The first kappa shape index (κ1) is 15.7. The molecule has 4 heterocycles. The zero-order valence-corrected chi connectivity index (χ0v) is 14.3. The molecule has 0 spiro atoms. The summed E-state index contributed by atoms with van der Waals surface area (Å²) in [5.74, 6) is 0.195. The molecule has 1 saturated heterocycles. The number of hydrogen-bond donors (Lipinski definition) is 0. The van der Waals surface area contributed by atoms with E-state index in [2.05, 4.69) is 15.0 Å². The summed E-state index contributed by atoms with van der Waals surface area (Å²) in [4.78, 5) is 21.3. The van der Waals surface area contributed by atoms with Crippen molar-refractivity contribution in [3.63, 3.8) is 0 Å². The first-order valence-electron chi connectivity index (χ1n) is 8.28. The first-order valence-corrected chi connectivity index (χ1v) is 9.16. The van der Waals surface area contributed by atoms with Crippen molar-refractivity contribution in [2.75, 3.05) is 32.8 Å². The Hall–Kier alpha value is -1.77. The maximum atomic E-state index is 12.6. The van der Waals surface area contributed by atoms with Crippen LogP contribution in [0, 0.1) is 0 Å². The Morgan fingerprint density at radius 2 is 2.21 bits per heavy atom. The van der Waals surface area contributed by atoms with E-state index in [-0.39, 0.29) is 11.9 Å². The van der Waals surface area contributed by atoms with Crippen LogP contribution in [0.15, 0.2) is 23.8 Å². The third-order valence-corrected chi connectivity index (χ3v) is 5.33. The summed E-state index contributed by atoms with van der Waals surface area (Å²) in [6.07, 6.45) is 4.16. The highest BCUT2D eigenvalue weighted by atomic mass is 32.1. The number of thiazole rings is 1. The molecule has 0 bridgehead atoms. The highest BCUT2D eigenvalue weighted by Crippen LogP contribution is 2.25. The van der Waals surface area contributed by atoms with E-state index in [0.29, 0.717) is 32.7 Å². The molecule has 128 valence electrons. The van der Waals surface area contributed by atoms with Gasteiger partial charge >= 0.3 is 0 Å². The predicted octanol–water partition coefficient (Wildman–Crippen LogP) is 1.15. The molecular weight excluding hydrogens is 326 g/mol. The van der Waals surface area contributed by atoms with Crippen molar-refractivity contribution in [2.24, 2.45) is 0 Å². The summed E-state index contributed by atoms with van der Waals surface area (Å²) < 4.78 is 7.36. The molecule has 0 N–H and O–H groups in total. The number of morpholine rings is 1. The molecular formula is C16H21N5O2S. The normalized spacial score (nSPS) is 21.7. The first-order chi connectivity index (χ1) is 11.8. The highest BCUT2D eigenvalue weighted by molar-refractivity contribution is 7.09. The van der Waals surface area contributed by atoms with Crippen molar-refractivity contribution in [1.29, 1.82) is 0 Å². The van der Waals surface area contributed by atoms with Crippen LogP contribution in [0.5, 0.6) is 0 Å². The predicted molar refractivity (Wildman–Crippen MR) is 89.5 cm³/mol. The SMILES string of the molecule is O=C(C[C@H]1CN(Cc2nccs2)Cc2ccnn21)N1CCOCC1. The Bertz CT molecular complexity index is 680. The summed E-state index contributed by atoms with van der Waals surface area (Å²) in [5.41, 5.74) is 1.16. The van der Waals surface area contributed by atoms with Gasteiger partial charge in [-0.25, -0.2) is 4.98 Å². The Balaban J connectivity index is 1.46. The third kappa shape index (κ3) is 3.35. The molecule has 1 atom stereocenters. The molecule has 4 rings (SSSR count). The number of rotatable bonds is 4. The second-order valence-corrected chi connectivity index (χ2v) is 7.19. The van der Waals surface area contributed by atoms with Crippen LogP contribution < -0.4 is 0 Å². The zero-order valence-electron chi connectivity index (χ0n) is 13.5. The Morgan fingerprint density at radius 1 is 1.33 bits per heavy atom. The van der Waals surface area contributed by atoms with Crippen molar-refractivity contribution in [3.8, 4) is 0 Å². The van der Waals surface area contributed by atoms with E-state index in [4.69, 9.17) is 4.74 Å². The van der Waals surface area contributed by atoms with Gasteiger partial charge in [-0.2, -0.15) is 5.10 Å². The molecule has 7 nitrogen and oxygen atoms in total. The van der Waals surface area contributed by atoms with Crippen LogP contribution in [0.25, 0.3) is 0 Å². The van der Waals surface area contributed by atoms with Crippen molar-refractivity contribution in [1.82, 2.24) is 24.6 Å². The molecule has 0 aromatic carbocycles. The van der Waals surface area contributed by atoms with Crippen molar-refractivity contribution in [3.05, 3.63) is 34.5 Å². The fourth-order valence-corrected chi connectivity index (χ4v) is 4.06. The maximum Gasteiger partial charge on any atom is 0.224 e. The van der Waals surface area contributed by atoms with Gasteiger partial charge in [0.2, 0.25) is 5.91 Å². The van der Waals surface area contributed by atoms with Crippen LogP contribution in [0.4, 0.5) is 0 Å². The monoisotopic (exact) mass is 347 g/mol. The molecule has 2 aliphatic heterocycles. The number of ether oxygens (including phenoxy) is 1. The van der Waals surface area contributed by atoms with Gasteiger partial charge in [-0.05, 0) is 6.07 Å². The second-order valence-electron chi connectivity index (χ2n) is 6.21. The zero-order chi connectivity index (χ0) is 16.4. The van der Waals surface area contributed by atoms with E-state index in [9.17, 15) is 4.79 Å². The van der Waals surface area contributed by atoms with E-state index in [1.54, 1.807) is 11.3 Å². The minimum absolute atomic E-state index is 0.0825. The summed E-state index contributed by atoms with van der Waals surface area (Å²) >= 11 is 1.67. The molecule has 2 aromatic heterocycles. The van der Waals surface area contributed by atoms with Gasteiger partial charge in [0.1, 0.15) is 5.01 Å². The molecule has 8 heteroatoms. The van der Waals surface area contributed by atoms with E-state index < -0.39 is 0 Å². The molecule has 1 fully saturated rings. The number of nitrogens with zero attached hydrogens (tertiary/aromatic N) is 5. The largest absolute Gasteiger partial charge is 0.378 e. The van der Waals surface area contributed by atoms with Crippen LogP contribution in [0.3, 0.4) is 0 Å². The van der Waals surface area contributed by atoms with E-state index in [1.165, 1.54) is 0 Å². The smallest absolute Gasteiger partial charge is 0.224 e. The lowest BCUT2D eigenvalue weighted by Gasteiger charge is -2.35. The number of carbonyl (C=O) groups is 1. The van der Waals surface area contributed by atoms with Crippen LogP contribution >= 0.6 is 11.3 Å². The van der Waals surface area contributed by atoms with Gasteiger partial charge in [-0.15, -0.1) is 11.3 Å². The number of amides is 1. The topological polar surface area (TPSA) is 63.5 Å². The third-order valence-electron chi connectivity index (χ3n) is 4.57. The van der Waals surface area contributed by atoms with Crippen LogP contribution in [-0.4, -0.2) is 63.3 Å². The molecule has 0 aliphatic carbocycles. The molecule has 0 unspecified atom stereocenters. The van der Waals surface area contributed by atoms with E-state index in [1.807, 2.05) is 33.4 Å². The van der Waals surface area contributed by atoms with Crippen LogP contribution in [-0.2, 0) is 22.6 Å². The van der Waals surface area contributed by atoms with Gasteiger partial charge in [-0.3, -0.25) is 14.4 Å². The summed E-state index contributed by atoms with van der Waals surface area (Å²) in [6, 6.07) is 2.12. The average molecular weight is 347 g/mol. The van der Waals surface area contributed by atoms with Crippen molar-refractivity contribution < 1.29 is 9.53 Å². The summed E-state index contributed by atoms with van der Waals surface area (Å²) in [6.45, 7) is 5.16. The Kier molecular flexibility index (Phi) is 4.59. The van der Waals surface area contributed by atoms with Crippen molar-refractivity contribution >= 4 is 17.2 Å². The molecule has 2 aliphatic rings. The number of fused-ring (bicyclic) bond motifs is 1. The highest BCUT2D eigenvalue weighted by Gasteiger charge is 2.29. The quantitative estimate of drug-likeness (QED) is 0.830. The fraction of sp³-hybridized carbons (Fsp3) is 0.562. The summed E-state index contributed by atoms with van der Waals surface area (Å²) in [5, 5.41) is 7.56. The second kappa shape index (κ2) is 7.00. The lowest BCUT2D eigenvalue weighted by molar-refractivity contribution is -0.136. The molecule has 1 amide bonds. The van der Waals surface area contributed by atoms with Gasteiger partial charge in [0.15, 0.2) is 0 Å². The molecule has 0 radical (unpaired) electrons. The molecule has 0 saturated carbocycles. The lowest BCUT2D eigenvalue weighted by atomic mass is 10.1. The van der Waals surface area contributed by atoms with E-state index >= 15 is 0 Å². The average Bonchev–Trinajstić information content (AvgIpc) is 3.27. The number of aromatic nitrogens is 3. The van der Waals surface area contributed by atoms with Crippen LogP contribution in [0.1, 0.15) is 23.2 Å². The minimum atomic E-state index is 0.0825. The number of hydrogen-bond acceptors (Lipinski definition) is 6. The van der Waals surface area contributed by atoms with E-state index in [0.717, 1.165) is 30.3 Å². The van der Waals surface area contributed by atoms with Gasteiger partial charge in [0.05, 0.1) is 37.9 Å². The van der Waals surface area contributed by atoms with Gasteiger partial charge in [-0.1, -0.05) is 0 Å². The fourth-order valence-electron chi connectivity index (χ4n) is 3.40. The van der Waals surface area contributed by atoms with Gasteiger partial charge < -0.3 is 9.64 Å².